The van der Waals surface area contributed by atoms with Crippen molar-refractivity contribution in [2.24, 2.45) is 0 Å². The van der Waals surface area contributed by atoms with E-state index in [9.17, 15) is 4.39 Å². The van der Waals surface area contributed by atoms with E-state index >= 15 is 0 Å². The number of halogens is 1. The van der Waals surface area contributed by atoms with Crippen LogP contribution in [-0.2, 0) is 0 Å². The van der Waals surface area contributed by atoms with Gasteiger partial charge in [0.1, 0.15) is 11.6 Å². The smallest absolute Gasteiger partial charge is 0.123 e. The van der Waals surface area contributed by atoms with Crippen molar-refractivity contribution >= 4 is 0 Å². The third-order valence-electron chi connectivity index (χ3n) is 2.32. The van der Waals surface area contributed by atoms with Crippen molar-refractivity contribution in [2.75, 3.05) is 7.11 Å². The molecule has 2 rings (SSSR count). The zero-order valence-electron chi connectivity index (χ0n) is 8.98. The van der Waals surface area contributed by atoms with Crippen molar-refractivity contribution in [3.05, 3.63) is 71.9 Å². The van der Waals surface area contributed by atoms with Crippen LogP contribution in [0.5, 0.6) is 5.75 Å². The molecule has 16 heavy (non-hydrogen) atoms. The van der Waals surface area contributed by atoms with E-state index in [0.717, 1.165) is 16.9 Å². The van der Waals surface area contributed by atoms with Gasteiger partial charge in [0.2, 0.25) is 0 Å². The molecule has 2 heteroatoms. The lowest BCUT2D eigenvalue weighted by Crippen LogP contribution is -1.87. The molecule has 0 heterocycles. The maximum Gasteiger partial charge on any atom is 0.123 e. The van der Waals surface area contributed by atoms with E-state index < -0.39 is 0 Å². The van der Waals surface area contributed by atoms with Crippen LogP contribution in [0.15, 0.2) is 48.5 Å². The van der Waals surface area contributed by atoms with Gasteiger partial charge < -0.3 is 4.74 Å². The molecule has 0 aliphatic rings. The Morgan fingerprint density at radius 1 is 0.875 bits per heavy atom. The molecule has 0 fully saturated rings. The van der Waals surface area contributed by atoms with E-state index in [2.05, 4.69) is 0 Å². The van der Waals surface area contributed by atoms with E-state index in [1.165, 1.54) is 12.1 Å². The molecule has 1 nitrogen and oxygen atoms in total. The average molecular weight is 215 g/mol. The summed E-state index contributed by atoms with van der Waals surface area (Å²) in [6.45, 7) is 0. The maximum atomic E-state index is 12.7. The van der Waals surface area contributed by atoms with Crippen LogP contribution >= 0.6 is 0 Å². The molecule has 81 valence electrons. The van der Waals surface area contributed by atoms with Crippen LogP contribution in [0.2, 0.25) is 0 Å². The minimum Gasteiger partial charge on any atom is -0.497 e. The number of ether oxygens (including phenoxy) is 1. The molecule has 1 radical (unpaired) electrons. The lowest BCUT2D eigenvalue weighted by molar-refractivity contribution is 0.414. The SMILES string of the molecule is COc1ccc([CH]c2ccc(F)cc2)cc1. The second-order valence-electron chi connectivity index (χ2n) is 3.47. The highest BCUT2D eigenvalue weighted by atomic mass is 19.1. The third-order valence-corrected chi connectivity index (χ3v) is 2.32. The zero-order chi connectivity index (χ0) is 11.4. The van der Waals surface area contributed by atoms with Crippen LogP contribution < -0.4 is 4.74 Å². The van der Waals surface area contributed by atoms with Gasteiger partial charge in [-0.15, -0.1) is 0 Å². The first-order chi connectivity index (χ1) is 7.78. The monoisotopic (exact) mass is 215 g/mol. The Morgan fingerprint density at radius 3 is 1.88 bits per heavy atom. The van der Waals surface area contributed by atoms with E-state index in [-0.39, 0.29) is 5.82 Å². The molecule has 0 aliphatic carbocycles. The quantitative estimate of drug-likeness (QED) is 0.762. The molecular weight excluding hydrogens is 203 g/mol. The number of hydrogen-bond donors (Lipinski definition) is 0. The molecule has 0 aromatic heterocycles. The number of benzene rings is 2. The summed E-state index contributed by atoms with van der Waals surface area (Å²) >= 11 is 0. The topological polar surface area (TPSA) is 9.23 Å². The van der Waals surface area contributed by atoms with E-state index in [0.29, 0.717) is 0 Å². The highest BCUT2D eigenvalue weighted by Crippen LogP contribution is 2.16. The normalized spacial score (nSPS) is 10.1. The Kier molecular flexibility index (Phi) is 3.20. The van der Waals surface area contributed by atoms with Crippen LogP contribution in [0.4, 0.5) is 4.39 Å². The van der Waals surface area contributed by atoms with Crippen LogP contribution in [0, 0.1) is 12.2 Å². The van der Waals surface area contributed by atoms with Gasteiger partial charge in [-0.1, -0.05) is 24.3 Å². The fraction of sp³-hybridized carbons (Fsp3) is 0.0714. The van der Waals surface area contributed by atoms with Crippen molar-refractivity contribution in [1.82, 2.24) is 0 Å². The molecule has 0 saturated carbocycles. The molecular formula is C14H12FO. The highest BCUT2D eigenvalue weighted by molar-refractivity contribution is 5.39. The summed E-state index contributed by atoms with van der Waals surface area (Å²) in [6, 6.07) is 14.1. The Morgan fingerprint density at radius 2 is 1.38 bits per heavy atom. The standard InChI is InChI=1S/C14H12FO/c1-16-14-8-4-12(5-9-14)10-11-2-6-13(15)7-3-11/h2-10H,1H3. The van der Waals surface area contributed by atoms with Gasteiger partial charge in [-0.05, 0) is 35.4 Å². The Balaban J connectivity index is 2.11. The molecule has 0 bridgehead atoms. The molecule has 0 aliphatic heterocycles. The van der Waals surface area contributed by atoms with Crippen LogP contribution in [0.1, 0.15) is 11.1 Å². The summed E-state index contributed by atoms with van der Waals surface area (Å²) in [4.78, 5) is 0. The first-order valence-electron chi connectivity index (χ1n) is 5.02. The summed E-state index contributed by atoms with van der Waals surface area (Å²) < 4.78 is 17.8. The maximum absolute atomic E-state index is 12.7. The van der Waals surface area contributed by atoms with Gasteiger partial charge in [0, 0.05) is 6.42 Å². The van der Waals surface area contributed by atoms with Crippen molar-refractivity contribution in [3.63, 3.8) is 0 Å². The molecule has 2 aromatic carbocycles. The largest absolute Gasteiger partial charge is 0.497 e. The summed E-state index contributed by atoms with van der Waals surface area (Å²) in [7, 11) is 1.64. The summed E-state index contributed by atoms with van der Waals surface area (Å²) in [5.41, 5.74) is 2.04. The second kappa shape index (κ2) is 4.79. The van der Waals surface area contributed by atoms with Crippen molar-refractivity contribution in [2.45, 2.75) is 0 Å². The van der Waals surface area contributed by atoms with Gasteiger partial charge in [0.05, 0.1) is 7.11 Å². The first kappa shape index (κ1) is 10.7. The average Bonchev–Trinajstić information content (AvgIpc) is 2.33. The Bertz CT molecular complexity index is 445. The van der Waals surface area contributed by atoms with Gasteiger partial charge in [0.15, 0.2) is 0 Å². The van der Waals surface area contributed by atoms with Gasteiger partial charge in [-0.3, -0.25) is 0 Å². The molecule has 2 aromatic rings. The second-order valence-corrected chi connectivity index (χ2v) is 3.47. The van der Waals surface area contributed by atoms with E-state index in [4.69, 9.17) is 4.74 Å². The molecule has 0 atom stereocenters. The molecule has 0 unspecified atom stereocenters. The van der Waals surface area contributed by atoms with E-state index in [1.807, 2.05) is 30.7 Å². The lowest BCUT2D eigenvalue weighted by Gasteiger charge is -2.03. The lowest BCUT2D eigenvalue weighted by atomic mass is 10.1. The molecule has 0 saturated heterocycles. The molecule has 0 spiro atoms. The van der Waals surface area contributed by atoms with Crippen molar-refractivity contribution in [3.8, 4) is 5.75 Å². The van der Waals surface area contributed by atoms with Crippen LogP contribution in [-0.4, -0.2) is 7.11 Å². The summed E-state index contributed by atoms with van der Waals surface area (Å²) in [5.74, 6) is 0.614. The van der Waals surface area contributed by atoms with Crippen LogP contribution in [0.3, 0.4) is 0 Å². The first-order valence-corrected chi connectivity index (χ1v) is 5.02. The summed E-state index contributed by atoms with van der Waals surface area (Å²) in [6.07, 6.45) is 1.98. The molecule has 0 N–H and O–H groups in total. The number of hydrogen-bond acceptors (Lipinski definition) is 1. The predicted molar refractivity (Wildman–Crippen MR) is 61.9 cm³/mol. The van der Waals surface area contributed by atoms with Crippen molar-refractivity contribution in [1.29, 1.82) is 0 Å². The minimum absolute atomic E-state index is 0.216. The van der Waals surface area contributed by atoms with Gasteiger partial charge in [0.25, 0.3) is 0 Å². The fourth-order valence-corrected chi connectivity index (χ4v) is 1.45. The summed E-state index contributed by atoms with van der Waals surface area (Å²) in [5, 5.41) is 0. The number of methoxy groups -OCH3 is 1. The fourth-order valence-electron chi connectivity index (χ4n) is 1.45. The van der Waals surface area contributed by atoms with Gasteiger partial charge in [-0.2, -0.15) is 0 Å². The minimum atomic E-state index is -0.216. The number of rotatable bonds is 3. The van der Waals surface area contributed by atoms with Gasteiger partial charge >= 0.3 is 0 Å². The zero-order valence-corrected chi connectivity index (χ0v) is 8.98. The Hall–Kier alpha value is -1.83. The van der Waals surface area contributed by atoms with Crippen LogP contribution in [0.25, 0.3) is 0 Å². The van der Waals surface area contributed by atoms with Gasteiger partial charge in [-0.25, -0.2) is 4.39 Å². The third kappa shape index (κ3) is 2.60. The molecule has 0 amide bonds. The predicted octanol–water partition coefficient (Wildman–Crippen LogP) is 3.43. The Labute approximate surface area is 94.5 Å². The van der Waals surface area contributed by atoms with E-state index in [1.54, 1.807) is 19.2 Å². The highest BCUT2D eigenvalue weighted by Gasteiger charge is 1.98. The van der Waals surface area contributed by atoms with Crippen molar-refractivity contribution < 1.29 is 9.13 Å².